The topological polar surface area (TPSA) is 47.9 Å². The third-order valence-corrected chi connectivity index (χ3v) is 3.70. The van der Waals surface area contributed by atoms with Crippen molar-refractivity contribution in [2.45, 2.75) is 0 Å². The highest BCUT2D eigenvalue weighted by Gasteiger charge is 2.26. The highest BCUT2D eigenvalue weighted by atomic mass is 19.1. The smallest absolute Gasteiger partial charge is 0.363 e. The molecule has 2 heterocycles. The van der Waals surface area contributed by atoms with Gasteiger partial charge in [0.15, 0.2) is 5.70 Å². The zero-order chi connectivity index (χ0) is 16.5. The van der Waals surface area contributed by atoms with Gasteiger partial charge in [-0.15, -0.1) is 0 Å². The van der Waals surface area contributed by atoms with Crippen molar-refractivity contribution >= 4 is 17.9 Å². The lowest BCUT2D eigenvalue weighted by atomic mass is 10.1. The summed E-state index contributed by atoms with van der Waals surface area (Å²) in [4.78, 5) is 16.1. The number of para-hydroxylation sites is 1. The number of esters is 1. The quantitative estimate of drug-likeness (QED) is 0.628. The van der Waals surface area contributed by atoms with Crippen molar-refractivity contribution < 1.29 is 18.7 Å². The zero-order valence-corrected chi connectivity index (χ0v) is 12.5. The lowest BCUT2D eigenvalue weighted by molar-refractivity contribution is -0.130. The Morgan fingerprint density at radius 3 is 2.75 bits per heavy atom. The Morgan fingerprint density at radius 1 is 1.08 bits per heavy atom. The summed E-state index contributed by atoms with van der Waals surface area (Å²) < 4.78 is 24.5. The molecule has 0 bridgehead atoms. The van der Waals surface area contributed by atoms with Crippen LogP contribution in [0.2, 0.25) is 0 Å². The van der Waals surface area contributed by atoms with E-state index >= 15 is 0 Å². The molecule has 0 atom stereocenters. The highest BCUT2D eigenvalue weighted by molar-refractivity contribution is 6.11. The molecule has 0 saturated heterocycles. The van der Waals surface area contributed by atoms with Crippen molar-refractivity contribution in [3.05, 3.63) is 82.8 Å². The molecular formula is C19H12FNO3. The first kappa shape index (κ1) is 14.4. The lowest BCUT2D eigenvalue weighted by Crippen LogP contribution is -2.08. The Balaban J connectivity index is 1.67. The summed E-state index contributed by atoms with van der Waals surface area (Å²) in [5, 5.41) is 0. The van der Waals surface area contributed by atoms with Crippen molar-refractivity contribution in [3.63, 3.8) is 0 Å². The molecule has 2 aliphatic rings. The second kappa shape index (κ2) is 5.77. The predicted molar refractivity (Wildman–Crippen MR) is 87.0 cm³/mol. The molecule has 0 saturated carbocycles. The summed E-state index contributed by atoms with van der Waals surface area (Å²) in [6.07, 6.45) is 3.53. The van der Waals surface area contributed by atoms with Crippen LogP contribution in [-0.2, 0) is 9.53 Å². The minimum Gasteiger partial charge on any atom is -0.488 e. The van der Waals surface area contributed by atoms with Crippen LogP contribution in [0, 0.1) is 5.82 Å². The van der Waals surface area contributed by atoms with Crippen LogP contribution in [0.1, 0.15) is 11.1 Å². The molecule has 0 unspecified atom stereocenters. The number of halogens is 1. The fourth-order valence-electron chi connectivity index (χ4n) is 2.55. The molecule has 4 rings (SSSR count). The maximum absolute atomic E-state index is 13.8. The van der Waals surface area contributed by atoms with E-state index in [0.717, 1.165) is 16.9 Å². The summed E-state index contributed by atoms with van der Waals surface area (Å²) in [6.45, 7) is 0.332. The van der Waals surface area contributed by atoms with Gasteiger partial charge >= 0.3 is 5.97 Å². The van der Waals surface area contributed by atoms with Gasteiger partial charge in [-0.25, -0.2) is 14.2 Å². The molecule has 0 N–H and O–H groups in total. The molecule has 4 nitrogen and oxygen atoms in total. The first-order valence-electron chi connectivity index (χ1n) is 7.40. The van der Waals surface area contributed by atoms with E-state index in [9.17, 15) is 9.18 Å². The first-order chi connectivity index (χ1) is 11.7. The predicted octanol–water partition coefficient (Wildman–Crippen LogP) is 3.49. The van der Waals surface area contributed by atoms with Crippen LogP contribution in [0.3, 0.4) is 0 Å². The molecule has 5 heteroatoms. The SMILES string of the molecule is O=C1OC(c2ccccc2F)=N/C1=C\C1=Cc2ccccc2OC1. The molecule has 24 heavy (non-hydrogen) atoms. The van der Waals surface area contributed by atoms with Crippen molar-refractivity contribution in [2.24, 2.45) is 4.99 Å². The van der Waals surface area contributed by atoms with Crippen LogP contribution < -0.4 is 4.74 Å². The van der Waals surface area contributed by atoms with Gasteiger partial charge in [-0.05, 0) is 35.9 Å². The minimum absolute atomic E-state index is 0.0259. The number of ether oxygens (including phenoxy) is 2. The van der Waals surface area contributed by atoms with Crippen LogP contribution in [-0.4, -0.2) is 18.5 Å². The number of nitrogens with zero attached hydrogens (tertiary/aromatic N) is 1. The molecule has 2 aromatic rings. The van der Waals surface area contributed by atoms with Crippen molar-refractivity contribution in [2.75, 3.05) is 6.61 Å². The Hall–Kier alpha value is -3.21. The van der Waals surface area contributed by atoms with Gasteiger partial charge in [-0.1, -0.05) is 30.3 Å². The highest BCUT2D eigenvalue weighted by Crippen LogP contribution is 2.27. The molecule has 118 valence electrons. The Kier molecular flexibility index (Phi) is 3.46. The second-order valence-corrected chi connectivity index (χ2v) is 5.36. The van der Waals surface area contributed by atoms with Gasteiger partial charge in [0.05, 0.1) is 5.56 Å². The Morgan fingerprint density at radius 2 is 1.88 bits per heavy atom. The van der Waals surface area contributed by atoms with Crippen LogP contribution in [0.15, 0.2) is 70.9 Å². The molecule has 0 aliphatic carbocycles. The maximum Gasteiger partial charge on any atom is 0.363 e. The Labute approximate surface area is 137 Å². The average molecular weight is 321 g/mol. The van der Waals surface area contributed by atoms with Gasteiger partial charge < -0.3 is 9.47 Å². The molecular weight excluding hydrogens is 309 g/mol. The first-order valence-corrected chi connectivity index (χ1v) is 7.40. The van der Waals surface area contributed by atoms with Crippen LogP contribution in [0.4, 0.5) is 4.39 Å². The van der Waals surface area contributed by atoms with Gasteiger partial charge in [0.1, 0.15) is 18.2 Å². The fraction of sp³-hybridized carbons (Fsp3) is 0.0526. The lowest BCUT2D eigenvalue weighted by Gasteiger charge is -2.15. The number of cyclic esters (lactones) is 1. The summed E-state index contributed by atoms with van der Waals surface area (Å²) in [5.74, 6) is -0.321. The van der Waals surface area contributed by atoms with E-state index in [2.05, 4.69) is 4.99 Å². The van der Waals surface area contributed by atoms with Crippen molar-refractivity contribution in [1.82, 2.24) is 0 Å². The average Bonchev–Trinajstić information content (AvgIpc) is 2.96. The Bertz CT molecular complexity index is 928. The number of hydrogen-bond acceptors (Lipinski definition) is 4. The molecule has 0 radical (unpaired) electrons. The van der Waals surface area contributed by atoms with Gasteiger partial charge in [-0.2, -0.15) is 0 Å². The molecule has 2 aromatic carbocycles. The van der Waals surface area contributed by atoms with Crippen LogP contribution in [0.25, 0.3) is 6.08 Å². The van der Waals surface area contributed by atoms with Crippen LogP contribution in [0.5, 0.6) is 5.75 Å². The van der Waals surface area contributed by atoms with E-state index in [-0.39, 0.29) is 17.2 Å². The summed E-state index contributed by atoms with van der Waals surface area (Å²) >= 11 is 0. The van der Waals surface area contributed by atoms with Crippen molar-refractivity contribution in [1.29, 1.82) is 0 Å². The summed E-state index contributed by atoms with van der Waals surface area (Å²) in [5.41, 5.74) is 2.01. The van der Waals surface area contributed by atoms with E-state index < -0.39 is 11.8 Å². The summed E-state index contributed by atoms with van der Waals surface area (Å²) in [7, 11) is 0. The summed E-state index contributed by atoms with van der Waals surface area (Å²) in [6, 6.07) is 13.6. The number of aliphatic imine (C=N–C) groups is 1. The number of benzene rings is 2. The standard InChI is InChI=1S/C19H12FNO3/c20-15-7-3-2-6-14(15)18-21-16(19(22)24-18)10-12-9-13-5-1-4-8-17(13)23-11-12/h1-10H,11H2/b16-10-. The number of hydrogen-bond donors (Lipinski definition) is 0. The van der Waals surface area contributed by atoms with E-state index in [0.29, 0.717) is 6.61 Å². The van der Waals surface area contributed by atoms with Gasteiger partial charge in [0.25, 0.3) is 0 Å². The number of rotatable bonds is 2. The fourth-order valence-corrected chi connectivity index (χ4v) is 2.55. The largest absolute Gasteiger partial charge is 0.488 e. The number of fused-ring (bicyclic) bond motifs is 1. The van der Waals surface area contributed by atoms with Gasteiger partial charge in [0.2, 0.25) is 5.90 Å². The third kappa shape index (κ3) is 2.60. The van der Waals surface area contributed by atoms with E-state index in [4.69, 9.17) is 9.47 Å². The number of carbonyl (C=O) groups excluding carboxylic acids is 1. The molecule has 0 spiro atoms. The molecule has 0 fully saturated rings. The number of carbonyl (C=O) groups is 1. The second-order valence-electron chi connectivity index (χ2n) is 5.36. The monoisotopic (exact) mass is 321 g/mol. The third-order valence-electron chi connectivity index (χ3n) is 3.70. The van der Waals surface area contributed by atoms with Crippen molar-refractivity contribution in [3.8, 4) is 5.75 Å². The van der Waals surface area contributed by atoms with E-state index in [1.165, 1.54) is 12.1 Å². The molecule has 0 amide bonds. The molecule has 2 aliphatic heterocycles. The van der Waals surface area contributed by atoms with E-state index in [1.807, 2.05) is 30.3 Å². The zero-order valence-electron chi connectivity index (χ0n) is 12.5. The van der Waals surface area contributed by atoms with Gasteiger partial charge in [-0.3, -0.25) is 0 Å². The maximum atomic E-state index is 13.8. The molecule has 0 aromatic heterocycles. The van der Waals surface area contributed by atoms with Crippen LogP contribution >= 0.6 is 0 Å². The van der Waals surface area contributed by atoms with E-state index in [1.54, 1.807) is 18.2 Å². The normalized spacial score (nSPS) is 17.7. The minimum atomic E-state index is -0.604. The van der Waals surface area contributed by atoms with Gasteiger partial charge in [0, 0.05) is 5.56 Å².